The van der Waals surface area contributed by atoms with Gasteiger partial charge in [0, 0.05) is 39.0 Å². The fourth-order valence-corrected chi connectivity index (χ4v) is 8.50. The minimum atomic E-state index is -2.47. The van der Waals surface area contributed by atoms with E-state index in [1.165, 1.54) is 19.1 Å². The Bertz CT molecular complexity index is 1350. The minimum Gasteiger partial charge on any atom is -0.456 e. The summed E-state index contributed by atoms with van der Waals surface area (Å²) in [7, 11) is 3.08. The highest BCUT2D eigenvalue weighted by molar-refractivity contribution is 6.39. The lowest BCUT2D eigenvalue weighted by molar-refractivity contribution is -0.302. The number of rotatable bonds is 6. The number of carbonyl (C=O) groups is 4. The van der Waals surface area contributed by atoms with Gasteiger partial charge in [0.05, 0.1) is 18.3 Å². The maximum atomic E-state index is 14.1. The van der Waals surface area contributed by atoms with Crippen LogP contribution in [-0.2, 0) is 38.1 Å². The highest BCUT2D eigenvalue weighted by atomic mass is 16.7. The van der Waals surface area contributed by atoms with Gasteiger partial charge in [-0.2, -0.15) is 0 Å². The second kappa shape index (κ2) is 18.6. The van der Waals surface area contributed by atoms with Gasteiger partial charge < -0.3 is 34.1 Å². The van der Waals surface area contributed by atoms with E-state index in [0.29, 0.717) is 43.6 Å². The largest absolute Gasteiger partial charge is 0.456 e. The fourth-order valence-electron chi connectivity index (χ4n) is 8.50. The van der Waals surface area contributed by atoms with Gasteiger partial charge in [-0.3, -0.25) is 14.4 Å². The topological polar surface area (TPSA) is 149 Å². The first-order valence-corrected chi connectivity index (χ1v) is 19.4. The van der Waals surface area contributed by atoms with E-state index in [1.807, 2.05) is 19.9 Å². The molecule has 4 rings (SSSR count). The standard InChI is InChI=1S/C41H63NO10/c1-9-13-30-19-24(2)18-25(3)20-34(49-7)37-35(50-8)22-27(5)41(48,52-37)38(45)39(46)42-17-11-10-16-31(42)40(47)51-36(26(4)21-29-14-12-15-29)28(6)32(43)23-33(30)44/h9,19,21,24-25,27-29,31-32,34-37,43,48H,1,10-18,20,22-23H2,2-8H3/b26-21?,30-19+. The quantitative estimate of drug-likeness (QED) is 0.211. The molecule has 0 radical (unpaired) electrons. The lowest BCUT2D eigenvalue weighted by Crippen LogP contribution is -2.64. The summed E-state index contributed by atoms with van der Waals surface area (Å²) in [6, 6.07) is -1.08. The lowest BCUT2D eigenvalue weighted by Gasteiger charge is -2.47. The first kappa shape index (κ1) is 42.0. The normalized spacial score (nSPS) is 39.4. The molecule has 1 saturated carbocycles. The SMILES string of the molecule is C=CC/C1=C\C(C)CC(C)CC(OC)C2OC(O)(C(=O)C(=O)N3CCCCC3C(=O)OC(C(C)=CC3CCC3)C(C)C(O)CC1=O)C(C)CC2OC. The van der Waals surface area contributed by atoms with Gasteiger partial charge in [-0.1, -0.05) is 52.3 Å². The number of methoxy groups -OCH3 is 2. The van der Waals surface area contributed by atoms with E-state index in [0.717, 1.165) is 24.8 Å². The Morgan fingerprint density at radius 3 is 2.29 bits per heavy atom. The number of ether oxygens (including phenoxy) is 4. The Hall–Kier alpha value is -2.70. The molecule has 11 heteroatoms. The van der Waals surface area contributed by atoms with Gasteiger partial charge in [-0.25, -0.2) is 4.79 Å². The van der Waals surface area contributed by atoms with Crippen LogP contribution in [0.25, 0.3) is 0 Å². The van der Waals surface area contributed by atoms with Crippen molar-refractivity contribution < 1.29 is 48.3 Å². The number of aliphatic hydroxyl groups is 2. The maximum Gasteiger partial charge on any atom is 0.329 e. The molecule has 4 aliphatic rings. The molecule has 2 saturated heterocycles. The molecule has 11 unspecified atom stereocenters. The fraction of sp³-hybridized carbons (Fsp3) is 0.756. The van der Waals surface area contributed by atoms with E-state index in [-0.39, 0.29) is 43.4 Å². The average molecular weight is 730 g/mol. The molecule has 2 bridgehead atoms. The monoisotopic (exact) mass is 729 g/mol. The zero-order valence-corrected chi connectivity index (χ0v) is 32.4. The molecule has 1 amide bonds. The smallest absolute Gasteiger partial charge is 0.329 e. The number of hydrogen-bond acceptors (Lipinski definition) is 10. The summed E-state index contributed by atoms with van der Waals surface area (Å²) in [6.07, 6.45) is 7.95. The van der Waals surface area contributed by atoms with E-state index in [4.69, 9.17) is 18.9 Å². The molecule has 3 heterocycles. The molecule has 3 aliphatic heterocycles. The number of ketones is 2. The summed E-state index contributed by atoms with van der Waals surface area (Å²) in [5.41, 5.74) is 1.34. The first-order valence-electron chi connectivity index (χ1n) is 19.4. The van der Waals surface area contributed by atoms with Crippen LogP contribution in [0.1, 0.15) is 105 Å². The Morgan fingerprint density at radius 2 is 1.67 bits per heavy atom. The van der Waals surface area contributed by atoms with Crippen LogP contribution in [-0.4, -0.2) is 102 Å². The van der Waals surface area contributed by atoms with Gasteiger partial charge in [0.25, 0.3) is 11.7 Å². The van der Waals surface area contributed by atoms with E-state index >= 15 is 0 Å². The predicted molar refractivity (Wildman–Crippen MR) is 196 cm³/mol. The average Bonchev–Trinajstić information content (AvgIpc) is 3.10. The molecule has 0 spiro atoms. The van der Waals surface area contributed by atoms with Crippen LogP contribution in [0.4, 0.5) is 0 Å². The summed E-state index contributed by atoms with van der Waals surface area (Å²) in [5, 5.41) is 23.5. The van der Waals surface area contributed by atoms with Gasteiger partial charge in [0.2, 0.25) is 5.79 Å². The molecule has 52 heavy (non-hydrogen) atoms. The third kappa shape index (κ3) is 9.69. The number of cyclic esters (lactones) is 1. The van der Waals surface area contributed by atoms with Gasteiger partial charge in [-0.05, 0) is 93.6 Å². The number of carbonyl (C=O) groups excluding carboxylic acids is 4. The van der Waals surface area contributed by atoms with Crippen LogP contribution < -0.4 is 0 Å². The molecule has 0 aromatic heterocycles. The highest BCUT2D eigenvalue weighted by Crippen LogP contribution is 2.39. The predicted octanol–water partition coefficient (Wildman–Crippen LogP) is 5.26. The summed E-state index contributed by atoms with van der Waals surface area (Å²) < 4.78 is 24.1. The van der Waals surface area contributed by atoms with Gasteiger partial charge in [-0.15, -0.1) is 6.58 Å². The van der Waals surface area contributed by atoms with Crippen molar-refractivity contribution in [1.29, 1.82) is 0 Å². The number of allylic oxidation sites excluding steroid dienone is 4. The van der Waals surface area contributed by atoms with Crippen LogP contribution in [0.3, 0.4) is 0 Å². The second-order valence-corrected chi connectivity index (χ2v) is 16.1. The zero-order chi connectivity index (χ0) is 38.3. The van der Waals surface area contributed by atoms with E-state index < -0.39 is 71.8 Å². The van der Waals surface area contributed by atoms with Crippen molar-refractivity contribution >= 4 is 23.4 Å². The summed E-state index contributed by atoms with van der Waals surface area (Å²) in [6.45, 7) is 13.4. The zero-order valence-electron chi connectivity index (χ0n) is 32.4. The van der Waals surface area contributed by atoms with Crippen LogP contribution in [0, 0.1) is 29.6 Å². The number of hydrogen-bond donors (Lipinski definition) is 2. The molecule has 2 N–H and O–H groups in total. The molecular formula is C41H63NO10. The number of nitrogens with zero attached hydrogens (tertiary/aromatic N) is 1. The molecule has 11 nitrogen and oxygen atoms in total. The van der Waals surface area contributed by atoms with E-state index in [1.54, 1.807) is 19.9 Å². The molecule has 0 aromatic carbocycles. The van der Waals surface area contributed by atoms with Crippen molar-refractivity contribution in [1.82, 2.24) is 4.90 Å². The van der Waals surface area contributed by atoms with Crippen molar-refractivity contribution in [3.8, 4) is 0 Å². The Balaban J connectivity index is 1.77. The van der Waals surface area contributed by atoms with Crippen LogP contribution in [0.2, 0.25) is 0 Å². The maximum absolute atomic E-state index is 14.1. The molecule has 292 valence electrons. The Morgan fingerprint density at radius 1 is 1.00 bits per heavy atom. The lowest BCUT2D eigenvalue weighted by atomic mass is 9.81. The molecule has 11 atom stereocenters. The Labute approximate surface area is 310 Å². The molecular weight excluding hydrogens is 666 g/mol. The highest BCUT2D eigenvalue weighted by Gasteiger charge is 2.56. The third-order valence-electron chi connectivity index (χ3n) is 11.9. The number of fused-ring (bicyclic) bond motifs is 3. The van der Waals surface area contributed by atoms with Gasteiger partial charge >= 0.3 is 5.97 Å². The van der Waals surface area contributed by atoms with Gasteiger partial charge in [0.1, 0.15) is 18.2 Å². The van der Waals surface area contributed by atoms with Crippen molar-refractivity contribution in [2.75, 3.05) is 20.8 Å². The van der Waals surface area contributed by atoms with E-state index in [2.05, 4.69) is 19.6 Å². The Kier molecular flexibility index (Phi) is 15.0. The van der Waals surface area contributed by atoms with Crippen molar-refractivity contribution in [2.24, 2.45) is 29.6 Å². The van der Waals surface area contributed by atoms with Crippen molar-refractivity contribution in [2.45, 2.75) is 148 Å². The minimum absolute atomic E-state index is 0.0181. The summed E-state index contributed by atoms with van der Waals surface area (Å²) in [4.78, 5) is 57.2. The van der Waals surface area contributed by atoms with Crippen LogP contribution in [0.5, 0.6) is 0 Å². The molecule has 3 fully saturated rings. The summed E-state index contributed by atoms with van der Waals surface area (Å²) in [5.74, 6) is -6.57. The number of esters is 1. The molecule has 1 aliphatic carbocycles. The van der Waals surface area contributed by atoms with Crippen molar-refractivity contribution in [3.63, 3.8) is 0 Å². The number of Topliss-reactive ketones (excluding diaryl/α,β-unsaturated/α-hetero) is 2. The molecule has 0 aromatic rings. The number of aliphatic hydroxyl groups excluding tert-OH is 1. The van der Waals surface area contributed by atoms with Crippen LogP contribution >= 0.6 is 0 Å². The number of piperidine rings is 1. The van der Waals surface area contributed by atoms with Crippen molar-refractivity contribution in [3.05, 3.63) is 36.0 Å². The second-order valence-electron chi connectivity index (χ2n) is 16.1. The van der Waals surface area contributed by atoms with E-state index in [9.17, 15) is 29.4 Å². The number of amides is 1. The third-order valence-corrected chi connectivity index (χ3v) is 11.9. The van der Waals surface area contributed by atoms with Gasteiger partial charge in [0.15, 0.2) is 5.78 Å². The first-order chi connectivity index (χ1) is 24.6. The van der Waals surface area contributed by atoms with Crippen LogP contribution in [0.15, 0.2) is 36.0 Å². The summed E-state index contributed by atoms with van der Waals surface area (Å²) >= 11 is 0.